The van der Waals surface area contributed by atoms with E-state index in [1.807, 2.05) is 32.0 Å². The van der Waals surface area contributed by atoms with E-state index in [1.54, 1.807) is 23.8 Å². The summed E-state index contributed by atoms with van der Waals surface area (Å²) in [7, 11) is 1.74. The van der Waals surface area contributed by atoms with Crippen LogP contribution in [0.2, 0.25) is 18.1 Å². The summed E-state index contributed by atoms with van der Waals surface area (Å²) in [5.41, 5.74) is 1.38. The van der Waals surface area contributed by atoms with Crippen molar-refractivity contribution in [2.24, 2.45) is 4.99 Å². The number of halogens is 3. The molecule has 1 saturated heterocycles. The maximum Gasteiger partial charge on any atom is 0.416 e. The average molecular weight is 649 g/mol. The number of aromatic nitrogens is 3. The highest BCUT2D eigenvalue weighted by Gasteiger charge is 2.38. The van der Waals surface area contributed by atoms with Gasteiger partial charge in [0.25, 0.3) is 0 Å². The highest BCUT2D eigenvalue weighted by Crippen LogP contribution is 2.38. The third-order valence-electron chi connectivity index (χ3n) is 8.35. The fourth-order valence-corrected chi connectivity index (χ4v) is 5.73. The summed E-state index contributed by atoms with van der Waals surface area (Å²) in [5, 5.41) is 11.4. The number of alkyl halides is 3. The van der Waals surface area contributed by atoms with Gasteiger partial charge in [0.1, 0.15) is 5.69 Å². The number of morpholine rings is 1. The summed E-state index contributed by atoms with van der Waals surface area (Å²) < 4.78 is 56.4. The van der Waals surface area contributed by atoms with Crippen LogP contribution >= 0.6 is 0 Å². The molecule has 1 fully saturated rings. The van der Waals surface area contributed by atoms with Gasteiger partial charge in [-0.1, -0.05) is 26.8 Å². The van der Waals surface area contributed by atoms with Gasteiger partial charge in [0, 0.05) is 63.7 Å². The van der Waals surface area contributed by atoms with Gasteiger partial charge < -0.3 is 29.6 Å². The van der Waals surface area contributed by atoms with Crippen molar-refractivity contribution in [2.75, 3.05) is 57.2 Å². The Morgan fingerprint density at radius 1 is 1.18 bits per heavy atom. The van der Waals surface area contributed by atoms with E-state index in [0.29, 0.717) is 67.3 Å². The second-order valence-electron chi connectivity index (χ2n) is 13.3. The summed E-state index contributed by atoms with van der Waals surface area (Å²) in [6.07, 6.45) is -2.86. The highest BCUT2D eigenvalue weighted by molar-refractivity contribution is 6.74. The van der Waals surface area contributed by atoms with Gasteiger partial charge >= 0.3 is 6.18 Å². The predicted molar refractivity (Wildman–Crippen MR) is 177 cm³/mol. The molecule has 0 aliphatic carbocycles. The number of rotatable bonds is 11. The number of ether oxygens (including phenoxy) is 1. The van der Waals surface area contributed by atoms with Gasteiger partial charge in [-0.05, 0) is 44.1 Å². The standard InChI is InChI=1S/C31H47F3N8O2Si/c1-21(19-44-45(8,9)30(3,4)5)35-18-23-24(31(32,33)34)11-10-12-25(23)38-28-22(2)37-29-26(36-20-40(6)7)17-27(39-42(28)29)41-13-15-43-16-14-41/h10-12,17,20-21,35,38H,13-16,18-19H2,1-9H3. The van der Waals surface area contributed by atoms with Crippen molar-refractivity contribution in [1.82, 2.24) is 24.8 Å². The normalized spacial score (nSPS) is 15.7. The van der Waals surface area contributed by atoms with Crippen LogP contribution in [-0.2, 0) is 21.9 Å². The number of anilines is 3. The van der Waals surface area contributed by atoms with Crippen molar-refractivity contribution in [3.05, 3.63) is 41.1 Å². The van der Waals surface area contributed by atoms with Crippen LogP contribution < -0.4 is 15.5 Å². The fourth-order valence-electron chi connectivity index (χ4n) is 4.64. The number of benzene rings is 1. The van der Waals surface area contributed by atoms with Crippen molar-refractivity contribution >= 4 is 43.3 Å². The Hall–Kier alpha value is -3.20. The molecule has 1 atom stereocenters. The SMILES string of the molecule is Cc1nc2c(N=CN(C)C)cc(N3CCOCC3)nn2c1Nc1cccc(C(F)(F)F)c1CNC(C)CO[Si](C)(C)C(C)(C)C. The van der Waals surface area contributed by atoms with Gasteiger partial charge in [0.2, 0.25) is 0 Å². The van der Waals surface area contributed by atoms with Crippen molar-refractivity contribution in [3.8, 4) is 0 Å². The molecule has 3 heterocycles. The molecule has 0 bridgehead atoms. The lowest BCUT2D eigenvalue weighted by Crippen LogP contribution is -2.44. The number of imidazole rings is 1. The number of nitrogens with one attached hydrogen (secondary N) is 2. The number of fused-ring (bicyclic) bond motifs is 1. The third kappa shape index (κ3) is 8.34. The van der Waals surface area contributed by atoms with E-state index in [2.05, 4.69) is 54.4 Å². The molecule has 0 saturated carbocycles. The van der Waals surface area contributed by atoms with Crippen LogP contribution in [0.15, 0.2) is 29.3 Å². The Bertz CT molecular complexity index is 1490. The zero-order valence-electron chi connectivity index (χ0n) is 27.8. The summed E-state index contributed by atoms with van der Waals surface area (Å²) in [4.78, 5) is 13.3. The predicted octanol–water partition coefficient (Wildman–Crippen LogP) is 6.36. The smallest absolute Gasteiger partial charge is 0.415 e. The Morgan fingerprint density at radius 3 is 2.49 bits per heavy atom. The Morgan fingerprint density at radius 2 is 1.87 bits per heavy atom. The largest absolute Gasteiger partial charge is 0.416 e. The van der Waals surface area contributed by atoms with Crippen molar-refractivity contribution in [2.45, 2.75) is 71.5 Å². The molecule has 2 N–H and O–H groups in total. The molecule has 0 radical (unpaired) electrons. The van der Waals surface area contributed by atoms with Gasteiger partial charge in [0.15, 0.2) is 25.6 Å². The summed E-state index contributed by atoms with van der Waals surface area (Å²) >= 11 is 0. The molecular formula is C31H47F3N8O2Si. The van der Waals surface area contributed by atoms with Crippen molar-refractivity contribution in [3.63, 3.8) is 0 Å². The van der Waals surface area contributed by atoms with Gasteiger partial charge in [-0.2, -0.15) is 17.7 Å². The lowest BCUT2D eigenvalue weighted by molar-refractivity contribution is -0.138. The second kappa shape index (κ2) is 13.7. The first-order chi connectivity index (χ1) is 21.0. The lowest BCUT2D eigenvalue weighted by atomic mass is 10.0. The number of nitrogens with zero attached hydrogens (tertiary/aromatic N) is 6. The molecule has 0 amide bonds. The highest BCUT2D eigenvalue weighted by atomic mass is 28.4. The van der Waals surface area contributed by atoms with E-state index in [1.165, 1.54) is 6.07 Å². The molecule has 14 heteroatoms. The molecule has 1 aromatic carbocycles. The molecular weight excluding hydrogens is 601 g/mol. The van der Waals surface area contributed by atoms with Crippen LogP contribution in [0.4, 0.5) is 36.2 Å². The lowest BCUT2D eigenvalue weighted by Gasteiger charge is -2.37. The Balaban J connectivity index is 1.71. The molecule has 1 unspecified atom stereocenters. The molecule has 3 aromatic rings. The zero-order chi connectivity index (χ0) is 33.2. The van der Waals surface area contributed by atoms with Crippen molar-refractivity contribution in [1.29, 1.82) is 0 Å². The van der Waals surface area contributed by atoms with E-state index in [4.69, 9.17) is 19.2 Å². The molecule has 10 nitrogen and oxygen atoms in total. The first-order valence-corrected chi connectivity index (χ1v) is 18.2. The maximum absolute atomic E-state index is 14.3. The molecule has 1 aliphatic rings. The van der Waals surface area contributed by atoms with Gasteiger partial charge in [0.05, 0.1) is 30.8 Å². The summed E-state index contributed by atoms with van der Waals surface area (Å²) in [6, 6.07) is 5.89. The van der Waals surface area contributed by atoms with Crippen LogP contribution in [-0.4, -0.2) is 87.2 Å². The second-order valence-corrected chi connectivity index (χ2v) is 18.1. The average Bonchev–Trinajstić information content (AvgIpc) is 3.27. The summed E-state index contributed by atoms with van der Waals surface area (Å²) in [5.74, 6) is 1.15. The monoisotopic (exact) mass is 648 g/mol. The van der Waals surface area contributed by atoms with Crippen LogP contribution in [0.25, 0.3) is 5.65 Å². The number of aliphatic imine (C=N–C) groups is 1. The van der Waals surface area contributed by atoms with E-state index < -0.39 is 20.1 Å². The van der Waals surface area contributed by atoms with Gasteiger partial charge in [-0.3, -0.25) is 0 Å². The first kappa shape index (κ1) is 34.7. The summed E-state index contributed by atoms with van der Waals surface area (Å²) in [6.45, 7) is 17.4. The van der Waals surface area contributed by atoms with E-state index in [-0.39, 0.29) is 23.2 Å². The molecule has 4 rings (SSSR count). The van der Waals surface area contributed by atoms with Crippen LogP contribution in [0.5, 0.6) is 0 Å². The minimum atomic E-state index is -4.54. The minimum Gasteiger partial charge on any atom is -0.415 e. The molecule has 1 aliphatic heterocycles. The molecule has 248 valence electrons. The molecule has 0 spiro atoms. The van der Waals surface area contributed by atoms with E-state index in [0.717, 1.165) is 6.07 Å². The molecule has 45 heavy (non-hydrogen) atoms. The van der Waals surface area contributed by atoms with E-state index in [9.17, 15) is 13.2 Å². The van der Waals surface area contributed by atoms with Crippen molar-refractivity contribution < 1.29 is 22.3 Å². The fraction of sp³-hybridized carbons (Fsp3) is 0.581. The number of hydrogen-bond acceptors (Lipinski definition) is 8. The topological polar surface area (TPSA) is 91.6 Å². The Labute approximate surface area is 265 Å². The van der Waals surface area contributed by atoms with E-state index >= 15 is 0 Å². The van der Waals surface area contributed by atoms with Crippen LogP contribution in [0.1, 0.15) is 44.5 Å². The number of hydrogen-bond donors (Lipinski definition) is 2. The zero-order valence-corrected chi connectivity index (χ0v) is 28.8. The van der Waals surface area contributed by atoms with Crippen LogP contribution in [0.3, 0.4) is 0 Å². The van der Waals surface area contributed by atoms with Gasteiger partial charge in [-0.15, -0.1) is 5.10 Å². The molecule has 2 aromatic heterocycles. The minimum absolute atomic E-state index is 0.0132. The number of aryl methyl sites for hydroxylation is 1. The third-order valence-corrected chi connectivity index (χ3v) is 12.9. The van der Waals surface area contributed by atoms with Gasteiger partial charge in [-0.25, -0.2) is 9.98 Å². The van der Waals surface area contributed by atoms with Crippen LogP contribution in [0, 0.1) is 6.92 Å². The first-order valence-electron chi connectivity index (χ1n) is 15.2. The maximum atomic E-state index is 14.3. The Kier molecular flexibility index (Phi) is 10.5. The quantitative estimate of drug-likeness (QED) is 0.141.